The number of benzene rings is 2. The molecule has 1 heterocycles. The van der Waals surface area contributed by atoms with Crippen molar-refractivity contribution < 1.29 is 9.53 Å². The highest BCUT2D eigenvalue weighted by molar-refractivity contribution is 8.26. The van der Waals surface area contributed by atoms with Crippen LogP contribution in [0, 0.1) is 6.92 Å². The Morgan fingerprint density at radius 3 is 2.72 bits per heavy atom. The molecule has 0 unspecified atom stereocenters. The van der Waals surface area contributed by atoms with Crippen molar-refractivity contribution in [3.05, 3.63) is 70.1 Å². The lowest BCUT2D eigenvalue weighted by Gasteiger charge is -2.10. The maximum atomic E-state index is 12.3. The van der Waals surface area contributed by atoms with Gasteiger partial charge in [-0.3, -0.25) is 9.69 Å². The van der Waals surface area contributed by atoms with Gasteiger partial charge in [-0.15, -0.1) is 0 Å². The first kappa shape index (κ1) is 17.7. The Labute approximate surface area is 157 Å². The van der Waals surface area contributed by atoms with Gasteiger partial charge in [0.1, 0.15) is 16.7 Å². The summed E-state index contributed by atoms with van der Waals surface area (Å²) >= 11 is 6.59. The molecule has 2 aromatic rings. The normalized spacial score (nSPS) is 15.9. The molecule has 3 nitrogen and oxygen atoms in total. The molecule has 5 heteroatoms. The van der Waals surface area contributed by atoms with Crippen LogP contribution in [0.1, 0.15) is 23.6 Å². The maximum Gasteiger partial charge on any atom is 0.266 e. The highest BCUT2D eigenvalue weighted by Crippen LogP contribution is 2.32. The molecule has 0 aliphatic carbocycles. The SMILES string of the molecule is CCN1C(=O)/C(=C\c2cccc(OCc3ccccc3C)c2)SC1=S. The molecule has 0 N–H and O–H groups in total. The van der Waals surface area contributed by atoms with E-state index >= 15 is 0 Å². The van der Waals surface area contributed by atoms with Crippen LogP contribution in [0.3, 0.4) is 0 Å². The first-order valence-electron chi connectivity index (χ1n) is 8.11. The number of thiocarbonyl (C=S) groups is 1. The summed E-state index contributed by atoms with van der Waals surface area (Å²) in [4.78, 5) is 14.6. The third-order valence-electron chi connectivity index (χ3n) is 4.00. The number of ether oxygens (including phenoxy) is 1. The number of hydrogen-bond acceptors (Lipinski definition) is 4. The largest absolute Gasteiger partial charge is 0.489 e. The molecule has 1 fully saturated rings. The number of likely N-dealkylation sites (N-methyl/N-ethyl adjacent to an activating group) is 1. The molecule has 3 rings (SSSR count). The fourth-order valence-electron chi connectivity index (χ4n) is 2.55. The zero-order valence-corrected chi connectivity index (χ0v) is 15.8. The number of hydrogen-bond donors (Lipinski definition) is 0. The van der Waals surface area contributed by atoms with E-state index in [0.29, 0.717) is 22.4 Å². The smallest absolute Gasteiger partial charge is 0.266 e. The van der Waals surface area contributed by atoms with E-state index in [1.165, 1.54) is 17.3 Å². The van der Waals surface area contributed by atoms with Gasteiger partial charge >= 0.3 is 0 Å². The summed E-state index contributed by atoms with van der Waals surface area (Å²) in [5, 5.41) is 0. The number of thioether (sulfide) groups is 1. The van der Waals surface area contributed by atoms with Crippen LogP contribution in [-0.4, -0.2) is 21.7 Å². The van der Waals surface area contributed by atoms with Crippen LogP contribution in [0.15, 0.2) is 53.4 Å². The maximum absolute atomic E-state index is 12.3. The van der Waals surface area contributed by atoms with E-state index in [0.717, 1.165) is 16.9 Å². The van der Waals surface area contributed by atoms with Gasteiger partial charge in [-0.2, -0.15) is 0 Å². The van der Waals surface area contributed by atoms with Gasteiger partial charge < -0.3 is 4.74 Å². The quantitative estimate of drug-likeness (QED) is 0.559. The van der Waals surface area contributed by atoms with E-state index in [9.17, 15) is 4.79 Å². The second kappa shape index (κ2) is 7.85. The molecule has 128 valence electrons. The van der Waals surface area contributed by atoms with Gasteiger partial charge in [0, 0.05) is 6.54 Å². The Kier molecular flexibility index (Phi) is 5.56. The average Bonchev–Trinajstić information content (AvgIpc) is 2.87. The first-order chi connectivity index (χ1) is 12.1. The van der Waals surface area contributed by atoms with Crippen molar-refractivity contribution in [3.63, 3.8) is 0 Å². The van der Waals surface area contributed by atoms with Crippen molar-refractivity contribution in [2.24, 2.45) is 0 Å². The Bertz CT molecular complexity index is 845. The van der Waals surface area contributed by atoms with Gasteiger partial charge in [0.25, 0.3) is 5.91 Å². The van der Waals surface area contributed by atoms with E-state index in [-0.39, 0.29) is 5.91 Å². The highest BCUT2D eigenvalue weighted by atomic mass is 32.2. The molecule has 2 aromatic carbocycles. The molecule has 0 saturated carbocycles. The van der Waals surface area contributed by atoms with Crippen LogP contribution in [-0.2, 0) is 11.4 Å². The molecule has 0 radical (unpaired) electrons. The molecule has 1 amide bonds. The Morgan fingerprint density at radius 2 is 2.00 bits per heavy atom. The molecule has 1 aliphatic rings. The van der Waals surface area contributed by atoms with Gasteiger partial charge in [-0.05, 0) is 48.7 Å². The number of carbonyl (C=O) groups excluding carboxylic acids is 1. The van der Waals surface area contributed by atoms with Crippen molar-refractivity contribution >= 4 is 40.3 Å². The predicted octanol–water partition coefficient (Wildman–Crippen LogP) is 4.80. The summed E-state index contributed by atoms with van der Waals surface area (Å²) < 4.78 is 6.53. The molecular weight excluding hydrogens is 350 g/mol. The van der Waals surface area contributed by atoms with Crippen molar-refractivity contribution in [2.75, 3.05) is 6.54 Å². The number of amides is 1. The van der Waals surface area contributed by atoms with Gasteiger partial charge in [-0.1, -0.05) is 60.4 Å². The van der Waals surface area contributed by atoms with E-state index < -0.39 is 0 Å². The standard InChI is InChI=1S/C20H19NO2S2/c1-3-21-19(22)18(25-20(21)24)12-15-8-6-10-17(11-15)23-13-16-9-5-4-7-14(16)2/h4-12H,3,13H2,1-2H3/b18-12+. The molecule has 1 aliphatic heterocycles. The summed E-state index contributed by atoms with van der Waals surface area (Å²) in [5.74, 6) is 0.756. The number of carbonyl (C=O) groups is 1. The minimum absolute atomic E-state index is 0.0243. The van der Waals surface area contributed by atoms with E-state index in [1.807, 2.05) is 49.4 Å². The summed E-state index contributed by atoms with van der Waals surface area (Å²) in [6.07, 6.45) is 1.87. The summed E-state index contributed by atoms with van der Waals surface area (Å²) in [6.45, 7) is 5.12. The molecular formula is C20H19NO2S2. The number of nitrogens with zero attached hydrogens (tertiary/aromatic N) is 1. The van der Waals surface area contributed by atoms with E-state index in [4.69, 9.17) is 17.0 Å². The molecule has 1 saturated heterocycles. The second-order valence-electron chi connectivity index (χ2n) is 5.71. The zero-order chi connectivity index (χ0) is 17.8. The number of rotatable bonds is 5. The summed E-state index contributed by atoms with van der Waals surface area (Å²) in [6, 6.07) is 15.9. The topological polar surface area (TPSA) is 29.5 Å². The van der Waals surface area contributed by atoms with Crippen LogP contribution >= 0.6 is 24.0 Å². The summed E-state index contributed by atoms with van der Waals surface area (Å²) in [7, 11) is 0. The zero-order valence-electron chi connectivity index (χ0n) is 14.2. The predicted molar refractivity (Wildman–Crippen MR) is 108 cm³/mol. The highest BCUT2D eigenvalue weighted by Gasteiger charge is 2.30. The lowest BCUT2D eigenvalue weighted by atomic mass is 10.1. The van der Waals surface area contributed by atoms with Crippen LogP contribution in [0.2, 0.25) is 0 Å². The van der Waals surface area contributed by atoms with Crippen LogP contribution < -0.4 is 4.74 Å². The molecule has 0 spiro atoms. The van der Waals surface area contributed by atoms with Crippen molar-refractivity contribution in [3.8, 4) is 5.75 Å². The third kappa shape index (κ3) is 4.11. The first-order valence-corrected chi connectivity index (χ1v) is 9.33. The average molecular weight is 370 g/mol. The van der Waals surface area contributed by atoms with Crippen LogP contribution in [0.5, 0.6) is 5.75 Å². The minimum Gasteiger partial charge on any atom is -0.489 e. The Hall–Kier alpha value is -2.11. The van der Waals surface area contributed by atoms with Crippen molar-refractivity contribution in [1.29, 1.82) is 0 Å². The number of aryl methyl sites for hydroxylation is 1. The van der Waals surface area contributed by atoms with Crippen LogP contribution in [0.25, 0.3) is 6.08 Å². The fraction of sp³-hybridized carbons (Fsp3) is 0.200. The monoisotopic (exact) mass is 369 g/mol. The van der Waals surface area contributed by atoms with Gasteiger partial charge in [-0.25, -0.2) is 0 Å². The van der Waals surface area contributed by atoms with Gasteiger partial charge in [0.05, 0.1) is 4.91 Å². The summed E-state index contributed by atoms with van der Waals surface area (Å²) in [5.41, 5.74) is 3.30. The molecule has 0 aromatic heterocycles. The third-order valence-corrected chi connectivity index (χ3v) is 5.38. The van der Waals surface area contributed by atoms with Gasteiger partial charge in [0.2, 0.25) is 0 Å². The molecule has 0 atom stereocenters. The Balaban J connectivity index is 1.74. The Morgan fingerprint density at radius 1 is 1.20 bits per heavy atom. The fourth-order valence-corrected chi connectivity index (χ4v) is 3.94. The second-order valence-corrected chi connectivity index (χ2v) is 7.39. The minimum atomic E-state index is -0.0243. The van der Waals surface area contributed by atoms with Crippen molar-refractivity contribution in [1.82, 2.24) is 4.90 Å². The lowest BCUT2D eigenvalue weighted by Crippen LogP contribution is -2.27. The lowest BCUT2D eigenvalue weighted by molar-refractivity contribution is -0.121. The van der Waals surface area contributed by atoms with Crippen LogP contribution in [0.4, 0.5) is 0 Å². The van der Waals surface area contributed by atoms with E-state index in [2.05, 4.69) is 19.1 Å². The van der Waals surface area contributed by atoms with Crippen molar-refractivity contribution in [2.45, 2.75) is 20.5 Å². The van der Waals surface area contributed by atoms with Gasteiger partial charge in [0.15, 0.2) is 0 Å². The molecule has 25 heavy (non-hydrogen) atoms. The molecule has 0 bridgehead atoms. The van der Waals surface area contributed by atoms with E-state index in [1.54, 1.807) is 4.90 Å².